The molecule has 0 fully saturated rings. The van der Waals surface area contributed by atoms with Gasteiger partial charge in [0.05, 0.1) is 27.7 Å². The van der Waals surface area contributed by atoms with Crippen molar-refractivity contribution in [2.45, 2.75) is 43.8 Å². The summed E-state index contributed by atoms with van der Waals surface area (Å²) in [6.07, 6.45) is 0.187. The second kappa shape index (κ2) is 15.3. The van der Waals surface area contributed by atoms with E-state index >= 15 is 0 Å². The van der Waals surface area contributed by atoms with Gasteiger partial charge < -0.3 is 15.0 Å². The van der Waals surface area contributed by atoms with E-state index in [-0.39, 0.29) is 46.3 Å². The number of nitrogens with zero attached hydrogens (tertiary/aromatic N) is 2. The predicted octanol–water partition coefficient (Wildman–Crippen LogP) is 6.36. The van der Waals surface area contributed by atoms with Gasteiger partial charge in [0.1, 0.15) is 18.3 Å². The molecule has 4 aromatic rings. The Morgan fingerprint density at radius 1 is 0.822 bits per heavy atom. The lowest BCUT2D eigenvalue weighted by atomic mass is 10.0. The number of carbonyl (C=O) groups is 2. The Hall–Kier alpha value is -4.05. The number of methoxy groups -OCH3 is 1. The van der Waals surface area contributed by atoms with Crippen molar-refractivity contribution in [2.24, 2.45) is 0 Å². The lowest BCUT2D eigenvalue weighted by Gasteiger charge is -2.34. The normalized spacial score (nSPS) is 12.0. The predicted molar refractivity (Wildman–Crippen MR) is 178 cm³/mol. The van der Waals surface area contributed by atoms with Gasteiger partial charge >= 0.3 is 0 Å². The van der Waals surface area contributed by atoms with E-state index in [0.29, 0.717) is 10.6 Å². The van der Waals surface area contributed by atoms with Gasteiger partial charge in [0.2, 0.25) is 11.8 Å². The van der Waals surface area contributed by atoms with Crippen molar-refractivity contribution in [3.63, 3.8) is 0 Å². The summed E-state index contributed by atoms with van der Waals surface area (Å²) in [5, 5.41) is 3.56. The van der Waals surface area contributed by atoms with Crippen LogP contribution in [0.1, 0.15) is 25.0 Å². The molecule has 4 rings (SSSR count). The molecular formula is C34H35Cl2N3O5S. The van der Waals surface area contributed by atoms with Crippen LogP contribution in [0, 0.1) is 0 Å². The zero-order valence-corrected chi connectivity index (χ0v) is 27.5. The first-order valence-electron chi connectivity index (χ1n) is 14.3. The summed E-state index contributed by atoms with van der Waals surface area (Å²) in [6.45, 7) is 3.01. The third kappa shape index (κ3) is 8.57. The van der Waals surface area contributed by atoms with Crippen LogP contribution in [0.15, 0.2) is 108 Å². The molecule has 0 spiro atoms. The molecule has 0 aliphatic heterocycles. The van der Waals surface area contributed by atoms with Crippen LogP contribution in [0.5, 0.6) is 5.75 Å². The van der Waals surface area contributed by atoms with Gasteiger partial charge in [-0.1, -0.05) is 89.9 Å². The number of halogens is 2. The first-order valence-corrected chi connectivity index (χ1v) is 16.5. The molecule has 11 heteroatoms. The fourth-order valence-corrected chi connectivity index (χ4v) is 6.60. The monoisotopic (exact) mass is 667 g/mol. The fraction of sp³-hybridized carbons (Fsp3) is 0.235. The quantitative estimate of drug-likeness (QED) is 0.179. The third-order valence-electron chi connectivity index (χ3n) is 7.00. The molecule has 8 nitrogen and oxygen atoms in total. The minimum absolute atomic E-state index is 0.00174. The number of hydrogen-bond acceptors (Lipinski definition) is 5. The van der Waals surface area contributed by atoms with Gasteiger partial charge in [-0.05, 0) is 61.4 Å². The summed E-state index contributed by atoms with van der Waals surface area (Å²) in [5.41, 5.74) is 1.62. The van der Waals surface area contributed by atoms with Gasteiger partial charge in [0.15, 0.2) is 0 Å². The average Bonchev–Trinajstić information content (AvgIpc) is 3.03. The molecule has 0 aliphatic carbocycles. The van der Waals surface area contributed by atoms with E-state index in [1.807, 2.05) is 44.2 Å². The van der Waals surface area contributed by atoms with E-state index in [4.69, 9.17) is 27.9 Å². The van der Waals surface area contributed by atoms with E-state index in [1.54, 1.807) is 60.7 Å². The first kappa shape index (κ1) is 33.8. The van der Waals surface area contributed by atoms with Crippen LogP contribution in [0.25, 0.3) is 0 Å². The fourth-order valence-electron chi connectivity index (χ4n) is 4.84. The standard InChI is InChI=1S/C34H35Cl2N3O5S/c1-24(2)37-34(41)31(21-25-12-6-4-7-13-25)38(22-26-18-19-28(35)29(36)20-26)33(40)23-39(30-16-10-11-17-32(30)44-3)45(42,43)27-14-8-5-9-15-27/h4-20,24,31H,21-23H2,1-3H3,(H,37,41). The molecule has 4 aromatic carbocycles. The highest BCUT2D eigenvalue weighted by atomic mass is 35.5. The molecule has 0 saturated heterocycles. The largest absolute Gasteiger partial charge is 0.495 e. The molecule has 0 bridgehead atoms. The Morgan fingerprint density at radius 3 is 2.07 bits per heavy atom. The van der Waals surface area contributed by atoms with E-state index in [2.05, 4.69) is 5.32 Å². The molecule has 1 N–H and O–H groups in total. The minimum Gasteiger partial charge on any atom is -0.495 e. The Balaban J connectivity index is 1.84. The van der Waals surface area contributed by atoms with Crippen molar-refractivity contribution in [3.05, 3.63) is 124 Å². The van der Waals surface area contributed by atoms with Gasteiger partial charge in [-0.3, -0.25) is 13.9 Å². The molecule has 1 unspecified atom stereocenters. The Morgan fingerprint density at radius 2 is 1.44 bits per heavy atom. The zero-order valence-electron chi connectivity index (χ0n) is 25.2. The molecular weight excluding hydrogens is 633 g/mol. The van der Waals surface area contributed by atoms with Crippen molar-refractivity contribution >= 4 is 50.7 Å². The number of sulfonamides is 1. The number of nitrogens with one attached hydrogen (secondary N) is 1. The maximum Gasteiger partial charge on any atom is 0.264 e. The number of benzene rings is 4. The smallest absolute Gasteiger partial charge is 0.264 e. The molecule has 0 saturated carbocycles. The second-order valence-corrected chi connectivity index (χ2v) is 13.3. The van der Waals surface area contributed by atoms with Crippen molar-refractivity contribution in [1.82, 2.24) is 10.2 Å². The van der Waals surface area contributed by atoms with Crippen molar-refractivity contribution in [1.29, 1.82) is 0 Å². The highest BCUT2D eigenvalue weighted by Crippen LogP contribution is 2.33. The maximum atomic E-state index is 14.5. The third-order valence-corrected chi connectivity index (χ3v) is 9.52. The molecule has 0 radical (unpaired) electrons. The van der Waals surface area contributed by atoms with Gasteiger partial charge in [0.25, 0.3) is 10.0 Å². The van der Waals surface area contributed by atoms with Crippen LogP contribution in [0.2, 0.25) is 10.0 Å². The van der Waals surface area contributed by atoms with Crippen LogP contribution in [0.4, 0.5) is 5.69 Å². The highest BCUT2D eigenvalue weighted by Gasteiger charge is 2.35. The zero-order chi connectivity index (χ0) is 32.6. The summed E-state index contributed by atoms with van der Waals surface area (Å²) in [5.74, 6) is -0.720. The number of anilines is 1. The van der Waals surface area contributed by atoms with Crippen LogP contribution in [-0.2, 0) is 32.6 Å². The topological polar surface area (TPSA) is 96.0 Å². The minimum atomic E-state index is -4.26. The summed E-state index contributed by atoms with van der Waals surface area (Å²) in [7, 11) is -2.83. The second-order valence-electron chi connectivity index (χ2n) is 10.6. The Kier molecular flexibility index (Phi) is 11.5. The molecule has 236 valence electrons. The lowest BCUT2D eigenvalue weighted by molar-refractivity contribution is -0.140. The number of ether oxygens (including phenoxy) is 1. The lowest BCUT2D eigenvalue weighted by Crippen LogP contribution is -2.54. The summed E-state index contributed by atoms with van der Waals surface area (Å²) in [6, 6.07) is 27.5. The van der Waals surface area contributed by atoms with Crippen LogP contribution in [-0.4, -0.2) is 50.9 Å². The van der Waals surface area contributed by atoms with E-state index in [1.165, 1.54) is 24.1 Å². The van der Waals surface area contributed by atoms with Gasteiger partial charge in [-0.2, -0.15) is 0 Å². The highest BCUT2D eigenvalue weighted by molar-refractivity contribution is 7.92. The van der Waals surface area contributed by atoms with Crippen molar-refractivity contribution in [3.8, 4) is 5.75 Å². The molecule has 2 amide bonds. The number of rotatable bonds is 13. The number of carbonyl (C=O) groups excluding carboxylic acids is 2. The average molecular weight is 669 g/mol. The van der Waals surface area contributed by atoms with E-state index < -0.39 is 28.5 Å². The molecule has 0 aromatic heterocycles. The van der Waals surface area contributed by atoms with Crippen LogP contribution >= 0.6 is 23.2 Å². The summed E-state index contributed by atoms with van der Waals surface area (Å²) < 4.78 is 34.8. The van der Waals surface area contributed by atoms with Crippen LogP contribution in [0.3, 0.4) is 0 Å². The number of amides is 2. The summed E-state index contributed by atoms with van der Waals surface area (Å²) >= 11 is 12.5. The van der Waals surface area contributed by atoms with Gasteiger partial charge in [0, 0.05) is 19.0 Å². The first-order chi connectivity index (χ1) is 21.5. The molecule has 0 heterocycles. The molecule has 1 atom stereocenters. The SMILES string of the molecule is COc1ccccc1N(CC(=O)N(Cc1ccc(Cl)c(Cl)c1)C(Cc1ccccc1)C(=O)NC(C)C)S(=O)(=O)c1ccccc1. The van der Waals surface area contributed by atoms with Crippen molar-refractivity contribution < 1.29 is 22.7 Å². The Labute approximate surface area is 274 Å². The van der Waals surface area contributed by atoms with E-state index in [0.717, 1.165) is 9.87 Å². The number of para-hydroxylation sites is 2. The van der Waals surface area contributed by atoms with Crippen LogP contribution < -0.4 is 14.4 Å². The number of hydrogen-bond donors (Lipinski definition) is 1. The summed E-state index contributed by atoms with van der Waals surface area (Å²) in [4.78, 5) is 29.7. The van der Waals surface area contributed by atoms with E-state index in [9.17, 15) is 18.0 Å². The maximum absolute atomic E-state index is 14.5. The van der Waals surface area contributed by atoms with Gasteiger partial charge in [-0.15, -0.1) is 0 Å². The Bertz CT molecular complexity index is 1720. The van der Waals surface area contributed by atoms with Gasteiger partial charge in [-0.25, -0.2) is 8.42 Å². The molecule has 45 heavy (non-hydrogen) atoms. The van der Waals surface area contributed by atoms with Crippen molar-refractivity contribution in [2.75, 3.05) is 18.0 Å². The molecule has 0 aliphatic rings.